The van der Waals surface area contributed by atoms with Gasteiger partial charge in [0.25, 0.3) is 0 Å². The van der Waals surface area contributed by atoms with Gasteiger partial charge in [-0.05, 0) is 30.2 Å². The van der Waals surface area contributed by atoms with Gasteiger partial charge in [-0.2, -0.15) is 0 Å². The van der Waals surface area contributed by atoms with Crippen molar-refractivity contribution in [3.8, 4) is 17.6 Å². The molecule has 1 heterocycles. The normalized spacial score (nSPS) is 14.8. The maximum atomic E-state index is 5.74. The SMILES string of the molecule is CCC(N)C#Cc1ccc2c(c1)CCO2. The lowest BCUT2D eigenvalue weighted by molar-refractivity contribution is 0.357. The molecule has 2 nitrogen and oxygen atoms in total. The second-order valence-corrected chi connectivity index (χ2v) is 3.71. The van der Waals surface area contributed by atoms with Gasteiger partial charge < -0.3 is 10.5 Å². The van der Waals surface area contributed by atoms with Crippen LogP contribution in [0.5, 0.6) is 5.75 Å². The smallest absolute Gasteiger partial charge is 0.122 e. The maximum absolute atomic E-state index is 5.74. The molecule has 0 aliphatic carbocycles. The Labute approximate surface area is 90.4 Å². The average molecular weight is 201 g/mol. The monoisotopic (exact) mass is 201 g/mol. The summed E-state index contributed by atoms with van der Waals surface area (Å²) in [6.07, 6.45) is 1.88. The first kappa shape index (κ1) is 10.1. The largest absolute Gasteiger partial charge is 0.493 e. The highest BCUT2D eigenvalue weighted by molar-refractivity contribution is 5.46. The average Bonchev–Trinajstić information content (AvgIpc) is 2.72. The third kappa shape index (κ3) is 2.31. The molecule has 2 N–H and O–H groups in total. The predicted octanol–water partition coefficient (Wildman–Crippen LogP) is 1.71. The van der Waals surface area contributed by atoms with Crippen LogP contribution in [0.3, 0.4) is 0 Å². The molecule has 0 saturated carbocycles. The summed E-state index contributed by atoms with van der Waals surface area (Å²) in [5.74, 6) is 7.12. The Bertz CT molecular complexity index is 414. The van der Waals surface area contributed by atoms with Gasteiger partial charge in [0.2, 0.25) is 0 Å². The molecule has 0 spiro atoms. The van der Waals surface area contributed by atoms with E-state index in [1.807, 2.05) is 19.1 Å². The summed E-state index contributed by atoms with van der Waals surface area (Å²) < 4.78 is 5.43. The molecule has 1 atom stereocenters. The highest BCUT2D eigenvalue weighted by Gasteiger charge is 2.10. The molecule has 0 saturated heterocycles. The molecule has 1 unspecified atom stereocenters. The van der Waals surface area contributed by atoms with Crippen molar-refractivity contribution in [2.75, 3.05) is 6.61 Å². The van der Waals surface area contributed by atoms with Crippen molar-refractivity contribution in [3.63, 3.8) is 0 Å². The molecule has 2 heteroatoms. The van der Waals surface area contributed by atoms with Crippen molar-refractivity contribution < 1.29 is 4.74 Å². The first-order valence-corrected chi connectivity index (χ1v) is 5.32. The molecule has 0 fully saturated rings. The molecule has 78 valence electrons. The summed E-state index contributed by atoms with van der Waals surface area (Å²) in [6, 6.07) is 6.05. The molecule has 0 amide bonds. The summed E-state index contributed by atoms with van der Waals surface area (Å²) in [6.45, 7) is 2.83. The minimum atomic E-state index is -0.0190. The Balaban J connectivity index is 2.19. The van der Waals surface area contributed by atoms with Crippen LogP contribution in [0.2, 0.25) is 0 Å². The second-order valence-electron chi connectivity index (χ2n) is 3.71. The standard InChI is InChI=1S/C13H15NO/c1-2-12(14)5-3-10-4-6-13-11(9-10)7-8-15-13/h4,6,9,12H,2,7-8,14H2,1H3. The molecule has 0 radical (unpaired) electrons. The third-order valence-corrected chi connectivity index (χ3v) is 2.53. The zero-order valence-electron chi connectivity index (χ0n) is 8.92. The van der Waals surface area contributed by atoms with Crippen LogP contribution in [0.4, 0.5) is 0 Å². The Morgan fingerprint density at radius 2 is 2.40 bits per heavy atom. The number of benzene rings is 1. The molecular weight excluding hydrogens is 186 g/mol. The van der Waals surface area contributed by atoms with Crippen LogP contribution in [0, 0.1) is 11.8 Å². The summed E-state index contributed by atoms with van der Waals surface area (Å²) in [7, 11) is 0. The maximum Gasteiger partial charge on any atom is 0.122 e. The first-order chi connectivity index (χ1) is 7.29. The fourth-order valence-corrected chi connectivity index (χ4v) is 1.54. The molecule has 1 aromatic rings. The number of fused-ring (bicyclic) bond motifs is 1. The second kappa shape index (κ2) is 4.37. The van der Waals surface area contributed by atoms with Gasteiger partial charge in [0.15, 0.2) is 0 Å². The van der Waals surface area contributed by atoms with Crippen molar-refractivity contribution in [1.82, 2.24) is 0 Å². The molecule has 1 aliphatic heterocycles. The molecule has 0 aromatic heterocycles. The summed E-state index contributed by atoms with van der Waals surface area (Å²) in [5.41, 5.74) is 8.02. The van der Waals surface area contributed by atoms with E-state index in [4.69, 9.17) is 10.5 Å². The van der Waals surface area contributed by atoms with Crippen molar-refractivity contribution >= 4 is 0 Å². The van der Waals surface area contributed by atoms with Gasteiger partial charge in [-0.1, -0.05) is 18.8 Å². The predicted molar refractivity (Wildman–Crippen MR) is 60.8 cm³/mol. The van der Waals surface area contributed by atoms with Crippen LogP contribution >= 0.6 is 0 Å². The van der Waals surface area contributed by atoms with E-state index in [0.717, 1.165) is 30.8 Å². The number of hydrogen-bond donors (Lipinski definition) is 1. The minimum absolute atomic E-state index is 0.0190. The van der Waals surface area contributed by atoms with Gasteiger partial charge in [-0.15, -0.1) is 0 Å². The minimum Gasteiger partial charge on any atom is -0.493 e. The van der Waals surface area contributed by atoms with Crippen LogP contribution in [-0.2, 0) is 6.42 Å². The number of rotatable bonds is 1. The van der Waals surface area contributed by atoms with Crippen molar-refractivity contribution in [2.24, 2.45) is 5.73 Å². The molecule has 1 aliphatic rings. The van der Waals surface area contributed by atoms with Crippen LogP contribution in [0.15, 0.2) is 18.2 Å². The number of hydrogen-bond acceptors (Lipinski definition) is 2. The van der Waals surface area contributed by atoms with E-state index < -0.39 is 0 Å². The van der Waals surface area contributed by atoms with Gasteiger partial charge in [-0.3, -0.25) is 0 Å². The Kier molecular flexibility index (Phi) is 2.94. The van der Waals surface area contributed by atoms with Crippen molar-refractivity contribution in [3.05, 3.63) is 29.3 Å². The van der Waals surface area contributed by atoms with E-state index in [2.05, 4.69) is 17.9 Å². The lowest BCUT2D eigenvalue weighted by Crippen LogP contribution is -2.15. The summed E-state index contributed by atoms with van der Waals surface area (Å²) in [4.78, 5) is 0. The molecular formula is C13H15NO. The Morgan fingerprint density at radius 1 is 1.53 bits per heavy atom. The highest BCUT2D eigenvalue weighted by atomic mass is 16.5. The topological polar surface area (TPSA) is 35.2 Å². The van der Waals surface area contributed by atoms with Gasteiger partial charge in [-0.25, -0.2) is 0 Å². The van der Waals surface area contributed by atoms with Crippen molar-refractivity contribution in [1.29, 1.82) is 0 Å². The Hall–Kier alpha value is -1.46. The van der Waals surface area contributed by atoms with Crippen molar-refractivity contribution in [2.45, 2.75) is 25.8 Å². The lowest BCUT2D eigenvalue weighted by Gasteiger charge is -1.99. The van der Waals surface area contributed by atoms with Crippen LogP contribution in [-0.4, -0.2) is 12.6 Å². The number of ether oxygens (including phenoxy) is 1. The van der Waals surface area contributed by atoms with E-state index in [1.54, 1.807) is 0 Å². The summed E-state index contributed by atoms with van der Waals surface area (Å²) in [5, 5.41) is 0. The Morgan fingerprint density at radius 3 is 3.20 bits per heavy atom. The first-order valence-electron chi connectivity index (χ1n) is 5.32. The lowest BCUT2D eigenvalue weighted by atomic mass is 10.1. The number of nitrogens with two attached hydrogens (primary N) is 1. The van der Waals surface area contributed by atoms with Crippen LogP contribution in [0.1, 0.15) is 24.5 Å². The van der Waals surface area contributed by atoms with E-state index in [-0.39, 0.29) is 6.04 Å². The van der Waals surface area contributed by atoms with E-state index in [9.17, 15) is 0 Å². The van der Waals surface area contributed by atoms with Gasteiger partial charge in [0, 0.05) is 12.0 Å². The third-order valence-electron chi connectivity index (χ3n) is 2.53. The zero-order valence-corrected chi connectivity index (χ0v) is 8.92. The van der Waals surface area contributed by atoms with Gasteiger partial charge in [0.1, 0.15) is 5.75 Å². The fourth-order valence-electron chi connectivity index (χ4n) is 1.54. The molecule has 1 aromatic carbocycles. The quantitative estimate of drug-likeness (QED) is 0.702. The van der Waals surface area contributed by atoms with Gasteiger partial charge in [0.05, 0.1) is 12.6 Å². The zero-order chi connectivity index (χ0) is 10.7. The molecule has 0 bridgehead atoms. The molecule has 15 heavy (non-hydrogen) atoms. The van der Waals surface area contributed by atoms with Crippen LogP contribution in [0.25, 0.3) is 0 Å². The van der Waals surface area contributed by atoms with Crippen LogP contribution < -0.4 is 10.5 Å². The van der Waals surface area contributed by atoms with Gasteiger partial charge >= 0.3 is 0 Å². The summed E-state index contributed by atoms with van der Waals surface area (Å²) >= 11 is 0. The fraction of sp³-hybridized carbons (Fsp3) is 0.385. The highest BCUT2D eigenvalue weighted by Crippen LogP contribution is 2.25. The molecule has 2 rings (SSSR count). The van der Waals surface area contributed by atoms with E-state index in [0.29, 0.717) is 0 Å². The van der Waals surface area contributed by atoms with E-state index >= 15 is 0 Å². The van der Waals surface area contributed by atoms with E-state index in [1.165, 1.54) is 5.56 Å².